The first-order valence-electron chi connectivity index (χ1n) is 8.32. The lowest BCUT2D eigenvalue weighted by molar-refractivity contribution is -0.316. The second kappa shape index (κ2) is 10.6. The average molecular weight is 461 g/mol. The minimum Gasteiger partial charge on any atom is -0.465 e. The van der Waals surface area contributed by atoms with Crippen LogP contribution in [0.1, 0.15) is 27.7 Å². The second-order valence-electron chi connectivity index (χ2n) is 5.19. The van der Waals surface area contributed by atoms with Crippen LogP contribution >= 0.6 is 7.75 Å². The Bertz CT molecular complexity index is 568. The van der Waals surface area contributed by atoms with Gasteiger partial charge < -0.3 is 9.47 Å². The predicted octanol–water partition coefficient (Wildman–Crippen LogP) is 3.36. The number of nitrogens with one attached hydrogen (secondary N) is 1. The highest BCUT2D eigenvalue weighted by Gasteiger charge is 2.80. The largest absolute Gasteiger partial charge is 0.465 e. The van der Waals surface area contributed by atoms with Crippen molar-refractivity contribution >= 4 is 19.7 Å². The van der Waals surface area contributed by atoms with Crippen molar-refractivity contribution in [3.63, 3.8) is 0 Å². The Balaban J connectivity index is 6.99. The van der Waals surface area contributed by atoms with Crippen molar-refractivity contribution in [1.29, 1.82) is 0 Å². The van der Waals surface area contributed by atoms with Gasteiger partial charge in [0.05, 0.1) is 26.4 Å². The molecular weight excluding hydrogens is 439 g/mol. The zero-order valence-electron chi connectivity index (χ0n) is 16.0. The number of ether oxygens (including phenoxy) is 2. The summed E-state index contributed by atoms with van der Waals surface area (Å²) in [5.41, 5.74) is -5.39. The molecule has 29 heavy (non-hydrogen) atoms. The summed E-state index contributed by atoms with van der Waals surface area (Å²) in [6.45, 7) is 1.95. The van der Waals surface area contributed by atoms with E-state index in [2.05, 4.69) is 18.5 Å². The Kier molecular flexibility index (Phi) is 10.1. The number of hydrogen-bond donors (Lipinski definition) is 1. The van der Waals surface area contributed by atoms with Gasteiger partial charge in [0.1, 0.15) is 0 Å². The van der Waals surface area contributed by atoms with Crippen LogP contribution < -0.4 is 5.09 Å². The van der Waals surface area contributed by atoms with Gasteiger partial charge in [0.25, 0.3) is 0 Å². The van der Waals surface area contributed by atoms with Gasteiger partial charge in [-0.3, -0.25) is 18.6 Å². The topological polar surface area (TPSA) is 100 Å². The SMILES string of the molecule is CCOC(=O)C(C(=O)OCC)C(NP(=O)(OCC)OCC)(C(F)(F)F)C(F)(F)F. The molecule has 0 aliphatic carbocycles. The summed E-state index contributed by atoms with van der Waals surface area (Å²) >= 11 is 0. The maximum atomic E-state index is 13.9. The zero-order valence-corrected chi connectivity index (χ0v) is 16.9. The van der Waals surface area contributed by atoms with E-state index >= 15 is 0 Å². The molecule has 0 aliphatic heterocycles. The average Bonchev–Trinajstić information content (AvgIpc) is 2.52. The van der Waals surface area contributed by atoms with Crippen LogP contribution in [0.4, 0.5) is 26.3 Å². The first-order valence-corrected chi connectivity index (χ1v) is 9.86. The van der Waals surface area contributed by atoms with E-state index in [9.17, 15) is 40.5 Å². The molecule has 0 unspecified atom stereocenters. The first kappa shape index (κ1) is 27.6. The van der Waals surface area contributed by atoms with Crippen molar-refractivity contribution < 1.29 is 59.0 Å². The number of carbonyl (C=O) groups is 2. The quantitative estimate of drug-likeness (QED) is 0.217. The Labute approximate surface area is 162 Å². The van der Waals surface area contributed by atoms with Crippen molar-refractivity contribution in [2.75, 3.05) is 26.4 Å². The standard InChI is InChI=1S/C14H22F6NO7P/c1-5-25-10(22)9(11(23)26-6-2)12(13(15,16)17,14(18,19)20)21-29(24,27-7-3)28-8-4/h9H,5-8H2,1-4H3,(H,21,24). The molecule has 0 radical (unpaired) electrons. The van der Waals surface area contributed by atoms with Gasteiger partial charge >= 0.3 is 32.0 Å². The fourth-order valence-electron chi connectivity index (χ4n) is 2.24. The minimum atomic E-state index is -6.39. The van der Waals surface area contributed by atoms with Gasteiger partial charge in [-0.2, -0.15) is 31.4 Å². The summed E-state index contributed by atoms with van der Waals surface area (Å²) in [5.74, 6) is -8.02. The van der Waals surface area contributed by atoms with Crippen LogP contribution in [0.3, 0.4) is 0 Å². The van der Waals surface area contributed by atoms with Gasteiger partial charge in [0.2, 0.25) is 5.54 Å². The van der Waals surface area contributed by atoms with Crippen LogP contribution in [0.2, 0.25) is 0 Å². The number of alkyl halides is 6. The first-order chi connectivity index (χ1) is 13.2. The maximum Gasteiger partial charge on any atom is 0.417 e. The molecule has 172 valence electrons. The third kappa shape index (κ3) is 6.30. The molecule has 0 aromatic carbocycles. The highest BCUT2D eigenvalue weighted by atomic mass is 31.2. The molecule has 0 spiro atoms. The Hall–Kier alpha value is -1.37. The van der Waals surface area contributed by atoms with Gasteiger partial charge in [-0.1, -0.05) is 0 Å². The van der Waals surface area contributed by atoms with Gasteiger partial charge in [0.15, 0.2) is 5.92 Å². The fraction of sp³-hybridized carbons (Fsp3) is 0.857. The highest BCUT2D eigenvalue weighted by Crippen LogP contribution is 2.56. The van der Waals surface area contributed by atoms with Gasteiger partial charge in [-0.25, -0.2) is 4.57 Å². The molecule has 0 heterocycles. The summed E-state index contributed by atoms with van der Waals surface area (Å²) in [6.07, 6.45) is -12.8. The number of carbonyl (C=O) groups excluding carboxylic acids is 2. The number of rotatable bonds is 11. The third-order valence-electron chi connectivity index (χ3n) is 3.28. The molecule has 0 saturated carbocycles. The molecule has 0 amide bonds. The second-order valence-corrected chi connectivity index (χ2v) is 6.92. The number of esters is 2. The van der Waals surface area contributed by atoms with Gasteiger partial charge in [0, 0.05) is 0 Å². The molecule has 0 aliphatic rings. The lowest BCUT2D eigenvalue weighted by Crippen LogP contribution is -2.72. The van der Waals surface area contributed by atoms with Crippen LogP contribution in [-0.4, -0.2) is 56.3 Å². The molecule has 0 saturated heterocycles. The molecule has 1 N–H and O–H groups in total. The van der Waals surface area contributed by atoms with Gasteiger partial charge in [-0.05, 0) is 27.7 Å². The van der Waals surface area contributed by atoms with E-state index in [1.807, 2.05) is 0 Å². The van der Waals surface area contributed by atoms with E-state index in [-0.39, 0.29) is 0 Å². The van der Waals surface area contributed by atoms with Crippen LogP contribution in [0, 0.1) is 5.92 Å². The number of halogens is 6. The Morgan fingerprint density at radius 2 is 1.14 bits per heavy atom. The van der Waals surface area contributed by atoms with E-state index in [1.54, 1.807) is 0 Å². The summed E-state index contributed by atoms with van der Waals surface area (Å²) < 4.78 is 113. The predicted molar refractivity (Wildman–Crippen MR) is 85.6 cm³/mol. The van der Waals surface area contributed by atoms with Crippen LogP contribution in [0.25, 0.3) is 0 Å². The summed E-state index contributed by atoms with van der Waals surface area (Å²) in [4.78, 5) is 24.1. The molecular formula is C14H22F6NO7P. The number of hydrogen-bond acceptors (Lipinski definition) is 7. The van der Waals surface area contributed by atoms with Gasteiger partial charge in [-0.15, -0.1) is 0 Å². The van der Waals surface area contributed by atoms with Crippen molar-refractivity contribution in [1.82, 2.24) is 5.09 Å². The molecule has 8 nitrogen and oxygen atoms in total. The molecule has 0 aromatic rings. The fourth-order valence-corrected chi connectivity index (χ4v) is 3.94. The van der Waals surface area contributed by atoms with E-state index in [4.69, 9.17) is 0 Å². The normalized spacial score (nSPS) is 13.5. The van der Waals surface area contributed by atoms with Crippen molar-refractivity contribution in [2.45, 2.75) is 45.6 Å². The Morgan fingerprint density at radius 1 is 0.793 bits per heavy atom. The maximum absolute atomic E-state index is 13.9. The van der Waals surface area contributed by atoms with Crippen LogP contribution in [0.15, 0.2) is 0 Å². The van der Waals surface area contributed by atoms with Crippen molar-refractivity contribution in [2.24, 2.45) is 5.92 Å². The molecule has 0 rings (SSSR count). The minimum absolute atomic E-state index is 0.612. The highest BCUT2D eigenvalue weighted by molar-refractivity contribution is 7.51. The molecule has 0 aromatic heterocycles. The molecule has 0 bridgehead atoms. The zero-order chi connectivity index (χ0) is 23.1. The lowest BCUT2D eigenvalue weighted by Gasteiger charge is -2.42. The lowest BCUT2D eigenvalue weighted by atomic mass is 9.83. The summed E-state index contributed by atoms with van der Waals surface area (Å²) in [5, 5.41) is 0.764. The monoisotopic (exact) mass is 461 g/mol. The Morgan fingerprint density at radius 3 is 1.38 bits per heavy atom. The van der Waals surface area contributed by atoms with E-state index in [1.165, 1.54) is 0 Å². The smallest absolute Gasteiger partial charge is 0.417 e. The van der Waals surface area contributed by atoms with Crippen molar-refractivity contribution in [3.8, 4) is 0 Å². The molecule has 15 heteroatoms. The van der Waals surface area contributed by atoms with E-state index in [0.29, 0.717) is 0 Å². The van der Waals surface area contributed by atoms with Crippen LogP contribution in [0.5, 0.6) is 0 Å². The van der Waals surface area contributed by atoms with E-state index < -0.39 is 69.9 Å². The van der Waals surface area contributed by atoms with Crippen molar-refractivity contribution in [3.05, 3.63) is 0 Å². The molecule has 0 atom stereocenters. The van der Waals surface area contributed by atoms with E-state index in [0.717, 1.165) is 32.8 Å². The third-order valence-corrected chi connectivity index (χ3v) is 5.11. The molecule has 0 fully saturated rings. The van der Waals surface area contributed by atoms with Crippen LogP contribution in [-0.2, 0) is 32.7 Å². The summed E-state index contributed by atoms with van der Waals surface area (Å²) in [7, 11) is -5.31. The summed E-state index contributed by atoms with van der Waals surface area (Å²) in [6, 6.07) is 0.